The molecule has 0 amide bonds. The Morgan fingerprint density at radius 2 is 2.00 bits per heavy atom. The van der Waals surface area contributed by atoms with Gasteiger partial charge in [-0.25, -0.2) is 0 Å². The van der Waals surface area contributed by atoms with Crippen molar-refractivity contribution in [2.75, 3.05) is 0 Å². The second-order valence-corrected chi connectivity index (χ2v) is 8.16. The second kappa shape index (κ2) is 6.48. The predicted octanol–water partition coefficient (Wildman–Crippen LogP) is 4.33. The Kier molecular flexibility index (Phi) is 5.28. The van der Waals surface area contributed by atoms with E-state index in [0.29, 0.717) is 29.1 Å². The molecule has 1 saturated heterocycles. The second-order valence-electron chi connectivity index (χ2n) is 7.82. The van der Waals surface area contributed by atoms with Crippen LogP contribution in [0.5, 0.6) is 0 Å². The van der Waals surface area contributed by atoms with Gasteiger partial charge in [-0.1, -0.05) is 45.3 Å². The molecule has 1 saturated carbocycles. The lowest BCUT2D eigenvalue weighted by Crippen LogP contribution is -2.41. The van der Waals surface area contributed by atoms with Gasteiger partial charge in [0, 0.05) is 6.04 Å². The molecule has 0 N–H and O–H groups in total. The van der Waals surface area contributed by atoms with Crippen molar-refractivity contribution in [2.24, 2.45) is 11.8 Å². The lowest BCUT2D eigenvalue weighted by atomic mass is 9.55. The van der Waals surface area contributed by atoms with Crippen molar-refractivity contribution in [3.63, 3.8) is 0 Å². The lowest BCUT2D eigenvalue weighted by Gasteiger charge is -2.37. The molecule has 4 atom stereocenters. The number of hydrogen-bond acceptors (Lipinski definition) is 2. The Bertz CT molecular complexity index is 387. The van der Waals surface area contributed by atoms with Gasteiger partial charge < -0.3 is 9.64 Å². The third-order valence-electron chi connectivity index (χ3n) is 5.46. The zero-order valence-corrected chi connectivity index (χ0v) is 15.1. The number of hydrogen-bond donors (Lipinski definition) is 0. The first kappa shape index (κ1) is 17.1. The summed E-state index contributed by atoms with van der Waals surface area (Å²) in [7, 11) is 6.72. The number of fused-ring (bicyclic) bond motifs is 1. The summed E-state index contributed by atoms with van der Waals surface area (Å²) in [5.74, 6) is 1.11. The molecule has 118 valence electrons. The summed E-state index contributed by atoms with van der Waals surface area (Å²) < 4.78 is 6.05. The van der Waals surface area contributed by atoms with Crippen molar-refractivity contribution >= 4 is 25.2 Å². The van der Waals surface area contributed by atoms with Gasteiger partial charge in [-0.05, 0) is 50.7 Å². The van der Waals surface area contributed by atoms with Crippen LogP contribution in [0.2, 0.25) is 5.31 Å². The molecule has 1 heterocycles. The summed E-state index contributed by atoms with van der Waals surface area (Å²) in [5.41, 5.74) is 0. The molecule has 1 aliphatic heterocycles. The van der Waals surface area contributed by atoms with Gasteiger partial charge in [0.25, 0.3) is 5.17 Å². The molecule has 0 aromatic rings. The fourth-order valence-corrected chi connectivity index (χ4v) is 4.57. The molecule has 2 aliphatic rings. The van der Waals surface area contributed by atoms with E-state index in [1.165, 1.54) is 0 Å². The Balaban J connectivity index is 2.17. The van der Waals surface area contributed by atoms with E-state index < -0.39 is 0 Å². The number of thiocarbonyl (C=S) groups is 1. The highest BCUT2D eigenvalue weighted by Crippen LogP contribution is 2.47. The normalized spacial score (nSPS) is 38.0. The molecule has 2 nitrogen and oxygen atoms in total. The standard InChI is InChI=1S/C17H30BNOS/c1-11(2)17(18)8-6-7-14-15(9-13(5)10-17)20-16(21)19(14)12(3)4/h11-15H,6-10H2,1-5H3. The highest BCUT2D eigenvalue weighted by molar-refractivity contribution is 7.80. The summed E-state index contributed by atoms with van der Waals surface area (Å²) in [6.07, 6.45) is 5.82. The fraction of sp³-hybridized carbons (Fsp3) is 0.941. The average Bonchev–Trinajstić information content (AvgIpc) is 2.66. The Hall–Kier alpha value is -0.245. The smallest absolute Gasteiger partial charge is 0.260 e. The van der Waals surface area contributed by atoms with E-state index in [9.17, 15) is 0 Å². The van der Waals surface area contributed by atoms with Crippen LogP contribution in [0.3, 0.4) is 0 Å². The molecule has 2 radical (unpaired) electrons. The molecule has 2 fully saturated rings. The monoisotopic (exact) mass is 307 g/mol. The van der Waals surface area contributed by atoms with Gasteiger partial charge in [-0.3, -0.25) is 0 Å². The zero-order chi connectivity index (χ0) is 15.8. The number of rotatable bonds is 2. The maximum absolute atomic E-state index is 6.72. The van der Waals surface area contributed by atoms with Crippen molar-refractivity contribution < 1.29 is 4.74 Å². The molecule has 0 aromatic carbocycles. The molecular formula is C17H30BNOS. The third-order valence-corrected chi connectivity index (χ3v) is 5.77. The van der Waals surface area contributed by atoms with E-state index in [2.05, 4.69) is 39.5 Å². The van der Waals surface area contributed by atoms with Crippen LogP contribution < -0.4 is 0 Å². The van der Waals surface area contributed by atoms with Crippen LogP contribution in [-0.4, -0.2) is 36.1 Å². The van der Waals surface area contributed by atoms with E-state index in [0.717, 1.165) is 32.1 Å². The zero-order valence-electron chi connectivity index (χ0n) is 14.3. The van der Waals surface area contributed by atoms with E-state index in [1.54, 1.807) is 0 Å². The fourth-order valence-electron chi connectivity index (χ4n) is 4.10. The summed E-state index contributed by atoms with van der Waals surface area (Å²) in [6.45, 7) is 11.2. The van der Waals surface area contributed by atoms with Crippen molar-refractivity contribution in [1.29, 1.82) is 0 Å². The van der Waals surface area contributed by atoms with Crippen LogP contribution in [0.1, 0.15) is 66.7 Å². The minimum absolute atomic E-state index is 0.0266. The molecule has 4 heteroatoms. The maximum atomic E-state index is 6.72. The molecule has 0 aromatic heterocycles. The van der Waals surface area contributed by atoms with E-state index in [1.807, 2.05) is 0 Å². The van der Waals surface area contributed by atoms with Gasteiger partial charge in [-0.15, -0.1) is 0 Å². The van der Waals surface area contributed by atoms with E-state index in [4.69, 9.17) is 24.8 Å². The molecular weight excluding hydrogens is 277 g/mol. The quantitative estimate of drug-likeness (QED) is 0.556. The van der Waals surface area contributed by atoms with Crippen LogP contribution in [0.25, 0.3) is 0 Å². The lowest BCUT2D eigenvalue weighted by molar-refractivity contribution is 0.146. The average molecular weight is 307 g/mol. The summed E-state index contributed by atoms with van der Waals surface area (Å²) in [4.78, 5) is 2.31. The molecule has 0 bridgehead atoms. The van der Waals surface area contributed by atoms with Crippen LogP contribution in [0, 0.1) is 11.8 Å². The molecule has 0 spiro atoms. The van der Waals surface area contributed by atoms with Gasteiger partial charge in [0.05, 0.1) is 13.9 Å². The van der Waals surface area contributed by atoms with Gasteiger partial charge >= 0.3 is 0 Å². The summed E-state index contributed by atoms with van der Waals surface area (Å²) in [5, 5.41) is 0.678. The van der Waals surface area contributed by atoms with E-state index in [-0.39, 0.29) is 11.4 Å². The molecule has 4 unspecified atom stereocenters. The highest BCUT2D eigenvalue weighted by atomic mass is 32.1. The van der Waals surface area contributed by atoms with Gasteiger partial charge in [0.1, 0.15) is 6.10 Å². The van der Waals surface area contributed by atoms with Crippen molar-refractivity contribution in [3.8, 4) is 0 Å². The van der Waals surface area contributed by atoms with Gasteiger partial charge in [0.15, 0.2) is 0 Å². The molecule has 1 aliphatic carbocycles. The SMILES string of the molecule is [B]C1(C(C)C)CCCC2C(CC(C)C1)OC(=S)N2C(C)C. The molecule has 2 rings (SSSR count). The Morgan fingerprint density at radius 1 is 1.33 bits per heavy atom. The van der Waals surface area contributed by atoms with Gasteiger partial charge in [-0.2, -0.15) is 0 Å². The van der Waals surface area contributed by atoms with Crippen LogP contribution in [0.15, 0.2) is 0 Å². The number of nitrogens with zero attached hydrogens (tertiary/aromatic N) is 1. The first-order valence-electron chi connectivity index (χ1n) is 8.52. The predicted molar refractivity (Wildman–Crippen MR) is 93.8 cm³/mol. The maximum Gasteiger partial charge on any atom is 0.260 e. The van der Waals surface area contributed by atoms with Crippen LogP contribution in [-0.2, 0) is 4.74 Å². The minimum Gasteiger partial charge on any atom is -0.465 e. The Morgan fingerprint density at radius 3 is 2.57 bits per heavy atom. The third kappa shape index (κ3) is 3.57. The first-order chi connectivity index (χ1) is 9.74. The van der Waals surface area contributed by atoms with Crippen LogP contribution in [0.4, 0.5) is 0 Å². The van der Waals surface area contributed by atoms with Crippen LogP contribution >= 0.6 is 12.2 Å². The topological polar surface area (TPSA) is 12.5 Å². The molecule has 21 heavy (non-hydrogen) atoms. The first-order valence-corrected chi connectivity index (χ1v) is 8.93. The van der Waals surface area contributed by atoms with Crippen molar-refractivity contribution in [3.05, 3.63) is 0 Å². The van der Waals surface area contributed by atoms with Gasteiger partial charge in [0.2, 0.25) is 0 Å². The Labute approximate surface area is 137 Å². The van der Waals surface area contributed by atoms with E-state index >= 15 is 0 Å². The largest absolute Gasteiger partial charge is 0.465 e. The summed E-state index contributed by atoms with van der Waals surface area (Å²) >= 11 is 5.46. The summed E-state index contributed by atoms with van der Waals surface area (Å²) in [6, 6.07) is 0.853. The minimum atomic E-state index is -0.0266. The number of ether oxygens (including phenoxy) is 1. The highest BCUT2D eigenvalue weighted by Gasteiger charge is 2.43. The van der Waals surface area contributed by atoms with Crippen molar-refractivity contribution in [1.82, 2.24) is 4.90 Å². The van der Waals surface area contributed by atoms with Crippen molar-refractivity contribution in [2.45, 2.75) is 90.2 Å².